The Balaban J connectivity index is 1.29. The summed E-state index contributed by atoms with van der Waals surface area (Å²) in [5.41, 5.74) is 1.61. The molecule has 3 heterocycles. The summed E-state index contributed by atoms with van der Waals surface area (Å²) in [5, 5.41) is 5.87. The summed E-state index contributed by atoms with van der Waals surface area (Å²) in [4.78, 5) is 40.9. The van der Waals surface area contributed by atoms with Gasteiger partial charge in [-0.05, 0) is 24.3 Å². The molecule has 2 aromatic heterocycles. The number of anilines is 2. The predicted molar refractivity (Wildman–Crippen MR) is 121 cm³/mol. The fourth-order valence-electron chi connectivity index (χ4n) is 3.18. The average molecular weight is 477 g/mol. The smallest absolute Gasteiger partial charge is 0.295 e. The van der Waals surface area contributed by atoms with E-state index in [0.29, 0.717) is 47.0 Å². The van der Waals surface area contributed by atoms with Crippen molar-refractivity contribution in [3.05, 3.63) is 63.6 Å². The molecular formula is C20H18Cl2N6O2S. The predicted octanol–water partition coefficient (Wildman–Crippen LogP) is 3.38. The van der Waals surface area contributed by atoms with Crippen molar-refractivity contribution in [3.63, 3.8) is 0 Å². The molecule has 0 unspecified atom stereocenters. The van der Waals surface area contributed by atoms with Gasteiger partial charge in [0.1, 0.15) is 0 Å². The van der Waals surface area contributed by atoms with Gasteiger partial charge in [-0.3, -0.25) is 14.9 Å². The Morgan fingerprint density at radius 2 is 1.81 bits per heavy atom. The van der Waals surface area contributed by atoms with Crippen LogP contribution in [0.5, 0.6) is 0 Å². The van der Waals surface area contributed by atoms with Gasteiger partial charge >= 0.3 is 0 Å². The molecule has 1 aliphatic heterocycles. The van der Waals surface area contributed by atoms with Crippen LogP contribution in [0.25, 0.3) is 0 Å². The number of rotatable bonds is 5. The lowest BCUT2D eigenvalue weighted by molar-refractivity contribution is -0.130. The number of nitrogens with one attached hydrogen (secondary N) is 1. The molecule has 8 nitrogen and oxygen atoms in total. The lowest BCUT2D eigenvalue weighted by atomic mass is 10.2. The fraction of sp³-hybridized carbons (Fsp3) is 0.250. The van der Waals surface area contributed by atoms with Crippen molar-refractivity contribution in [1.82, 2.24) is 19.9 Å². The molecule has 160 valence electrons. The number of hydrogen-bond acceptors (Lipinski definition) is 7. The van der Waals surface area contributed by atoms with E-state index in [1.165, 1.54) is 23.7 Å². The van der Waals surface area contributed by atoms with Crippen molar-refractivity contribution in [2.75, 3.05) is 36.4 Å². The van der Waals surface area contributed by atoms with Gasteiger partial charge in [0.25, 0.3) is 5.91 Å². The third-order valence-electron chi connectivity index (χ3n) is 4.77. The molecule has 2 amide bonds. The summed E-state index contributed by atoms with van der Waals surface area (Å²) in [6.07, 6.45) is 3.17. The van der Waals surface area contributed by atoms with E-state index in [1.807, 2.05) is 17.0 Å². The van der Waals surface area contributed by atoms with E-state index in [2.05, 4.69) is 25.2 Å². The van der Waals surface area contributed by atoms with Crippen LogP contribution >= 0.6 is 34.5 Å². The second-order valence-electron chi connectivity index (χ2n) is 6.81. The lowest BCUT2D eigenvalue weighted by Gasteiger charge is -2.36. The van der Waals surface area contributed by atoms with Crippen molar-refractivity contribution in [2.24, 2.45) is 0 Å². The minimum atomic E-state index is -0.439. The topological polar surface area (TPSA) is 91.3 Å². The maximum Gasteiger partial charge on any atom is 0.295 e. The van der Waals surface area contributed by atoms with Gasteiger partial charge in [0.2, 0.25) is 11.7 Å². The van der Waals surface area contributed by atoms with E-state index >= 15 is 0 Å². The van der Waals surface area contributed by atoms with Crippen LogP contribution in [0.1, 0.15) is 16.3 Å². The largest absolute Gasteiger partial charge is 0.368 e. The van der Waals surface area contributed by atoms with Crippen LogP contribution in [0.2, 0.25) is 10.0 Å². The number of benzene rings is 1. The van der Waals surface area contributed by atoms with Crippen LogP contribution in [-0.4, -0.2) is 57.8 Å². The van der Waals surface area contributed by atoms with Crippen molar-refractivity contribution in [3.8, 4) is 0 Å². The zero-order valence-corrected chi connectivity index (χ0v) is 18.6. The molecule has 0 bridgehead atoms. The van der Waals surface area contributed by atoms with Crippen LogP contribution in [0.4, 0.5) is 10.8 Å². The van der Waals surface area contributed by atoms with E-state index in [1.54, 1.807) is 17.5 Å². The standard InChI is InChI=1S/C20H18Cl2N6O2S/c21-15-3-2-14(11-16(15)22)27-6-8-28(9-7-27)17(29)10-13-12-31-20(25-13)26-19(30)18-23-4-1-5-24-18/h1-5,11-12H,6-10H2,(H,25,26,30). The summed E-state index contributed by atoms with van der Waals surface area (Å²) in [6, 6.07) is 7.18. The number of halogens is 2. The van der Waals surface area contributed by atoms with Crippen LogP contribution in [0.15, 0.2) is 42.0 Å². The number of thiazole rings is 1. The molecule has 1 N–H and O–H groups in total. The highest BCUT2D eigenvalue weighted by Crippen LogP contribution is 2.28. The number of aromatic nitrogens is 3. The van der Waals surface area contributed by atoms with Gasteiger partial charge in [-0.15, -0.1) is 11.3 Å². The minimum absolute atomic E-state index is 0.00311. The van der Waals surface area contributed by atoms with Crippen LogP contribution in [0, 0.1) is 0 Å². The second kappa shape index (κ2) is 9.59. The van der Waals surface area contributed by atoms with Gasteiger partial charge in [0, 0.05) is 49.6 Å². The van der Waals surface area contributed by atoms with Crippen molar-refractivity contribution < 1.29 is 9.59 Å². The first kappa shape index (κ1) is 21.5. The van der Waals surface area contributed by atoms with Crippen molar-refractivity contribution in [2.45, 2.75) is 6.42 Å². The molecule has 4 rings (SSSR count). The van der Waals surface area contributed by atoms with Gasteiger partial charge in [0.15, 0.2) is 5.13 Å². The summed E-state index contributed by atoms with van der Waals surface area (Å²) >= 11 is 13.4. The quantitative estimate of drug-likeness (QED) is 0.606. The molecule has 1 aliphatic rings. The molecule has 0 aliphatic carbocycles. The van der Waals surface area contributed by atoms with E-state index in [9.17, 15) is 9.59 Å². The normalized spacial score (nSPS) is 13.9. The molecule has 1 fully saturated rings. The molecule has 0 spiro atoms. The summed E-state index contributed by atoms with van der Waals surface area (Å²) in [5.74, 6) is -0.371. The Morgan fingerprint density at radius 3 is 2.52 bits per heavy atom. The van der Waals surface area contributed by atoms with Gasteiger partial charge in [-0.2, -0.15) is 0 Å². The number of piperazine rings is 1. The van der Waals surface area contributed by atoms with E-state index in [4.69, 9.17) is 23.2 Å². The van der Waals surface area contributed by atoms with Gasteiger partial charge < -0.3 is 9.80 Å². The highest BCUT2D eigenvalue weighted by molar-refractivity contribution is 7.14. The highest BCUT2D eigenvalue weighted by Gasteiger charge is 2.22. The number of hydrogen-bond donors (Lipinski definition) is 1. The minimum Gasteiger partial charge on any atom is -0.368 e. The molecule has 0 atom stereocenters. The maximum absolute atomic E-state index is 12.7. The Morgan fingerprint density at radius 1 is 1.06 bits per heavy atom. The zero-order chi connectivity index (χ0) is 21.8. The van der Waals surface area contributed by atoms with E-state index < -0.39 is 5.91 Å². The first-order valence-electron chi connectivity index (χ1n) is 9.50. The van der Waals surface area contributed by atoms with Gasteiger partial charge in [-0.25, -0.2) is 15.0 Å². The van der Waals surface area contributed by atoms with Crippen molar-refractivity contribution >= 4 is 57.2 Å². The Labute approximate surface area is 192 Å². The fourth-order valence-corrected chi connectivity index (χ4v) is 4.18. The van der Waals surface area contributed by atoms with Crippen LogP contribution in [0.3, 0.4) is 0 Å². The molecule has 31 heavy (non-hydrogen) atoms. The number of nitrogens with zero attached hydrogens (tertiary/aromatic N) is 5. The second-order valence-corrected chi connectivity index (χ2v) is 8.49. The third kappa shape index (κ3) is 5.30. The SMILES string of the molecule is O=C(Nc1nc(CC(=O)N2CCN(c3ccc(Cl)c(Cl)c3)CC2)cs1)c1ncccn1. The first-order chi connectivity index (χ1) is 15.0. The summed E-state index contributed by atoms with van der Waals surface area (Å²) in [7, 11) is 0. The zero-order valence-electron chi connectivity index (χ0n) is 16.3. The summed E-state index contributed by atoms with van der Waals surface area (Å²) < 4.78 is 0. The van der Waals surface area contributed by atoms with Crippen LogP contribution < -0.4 is 10.2 Å². The van der Waals surface area contributed by atoms with E-state index in [0.717, 1.165) is 5.69 Å². The third-order valence-corrected chi connectivity index (χ3v) is 6.32. The molecule has 11 heteroatoms. The maximum atomic E-state index is 12.7. The van der Waals surface area contributed by atoms with Crippen LogP contribution in [-0.2, 0) is 11.2 Å². The Kier molecular flexibility index (Phi) is 6.64. The Bertz CT molecular complexity index is 1090. The molecule has 0 saturated carbocycles. The molecule has 0 radical (unpaired) electrons. The van der Waals surface area contributed by atoms with E-state index in [-0.39, 0.29) is 18.2 Å². The monoisotopic (exact) mass is 476 g/mol. The number of carbonyl (C=O) groups is 2. The average Bonchev–Trinajstić information content (AvgIpc) is 3.23. The number of carbonyl (C=O) groups excluding carboxylic acids is 2. The van der Waals surface area contributed by atoms with Crippen molar-refractivity contribution in [1.29, 1.82) is 0 Å². The molecule has 1 aromatic carbocycles. The van der Waals surface area contributed by atoms with Gasteiger partial charge in [0.05, 0.1) is 22.2 Å². The molecular weight excluding hydrogens is 459 g/mol. The molecule has 1 saturated heterocycles. The summed E-state index contributed by atoms with van der Waals surface area (Å²) in [6.45, 7) is 2.63. The van der Waals surface area contributed by atoms with Gasteiger partial charge in [-0.1, -0.05) is 23.2 Å². The lowest BCUT2D eigenvalue weighted by Crippen LogP contribution is -2.49. The first-order valence-corrected chi connectivity index (χ1v) is 11.1. The number of amides is 2. The molecule has 3 aromatic rings. The highest BCUT2D eigenvalue weighted by atomic mass is 35.5. The Hall–Kier alpha value is -2.75.